The average Bonchev–Trinajstić information content (AvgIpc) is 2.51. The summed E-state index contributed by atoms with van der Waals surface area (Å²) in [5.41, 5.74) is 0. The van der Waals surface area contributed by atoms with E-state index in [0.29, 0.717) is 6.42 Å². The lowest BCUT2D eigenvalue weighted by Gasteiger charge is -2.19. The maximum Gasteiger partial charge on any atom is 0.320 e. The van der Waals surface area contributed by atoms with Gasteiger partial charge in [0.1, 0.15) is 0 Å². The molecule has 23 heavy (non-hydrogen) atoms. The lowest BCUT2D eigenvalue weighted by molar-refractivity contribution is -0.161. The standard InChI is InChI=1S/C18H33NO4/c1-5-13-19(14-6-2)15-11-9-10-12-16(17(20)22-7-3)18(21)23-8-4/h9-10,16H,5-8,11-15H2,1-4H3/b10-9+. The van der Waals surface area contributed by atoms with Gasteiger partial charge in [-0.15, -0.1) is 0 Å². The van der Waals surface area contributed by atoms with Crippen LogP contribution in [0, 0.1) is 5.92 Å². The van der Waals surface area contributed by atoms with E-state index in [0.717, 1.165) is 38.9 Å². The predicted octanol–water partition coefficient (Wildman–Crippen LogP) is 3.19. The third-order valence-corrected chi connectivity index (χ3v) is 3.37. The molecule has 0 N–H and O–H groups in total. The first kappa shape index (κ1) is 21.6. The fourth-order valence-electron chi connectivity index (χ4n) is 2.35. The highest BCUT2D eigenvalue weighted by Crippen LogP contribution is 2.10. The van der Waals surface area contributed by atoms with E-state index in [1.165, 1.54) is 0 Å². The molecule has 0 saturated heterocycles. The number of allylic oxidation sites excluding steroid dienone is 1. The molecule has 5 nitrogen and oxygen atoms in total. The lowest BCUT2D eigenvalue weighted by atomic mass is 10.1. The minimum atomic E-state index is -0.853. The Morgan fingerprint density at radius 3 is 1.83 bits per heavy atom. The maximum absolute atomic E-state index is 11.8. The smallest absolute Gasteiger partial charge is 0.320 e. The molecule has 5 heteroatoms. The van der Waals surface area contributed by atoms with Gasteiger partial charge in [-0.2, -0.15) is 0 Å². The van der Waals surface area contributed by atoms with Crippen LogP contribution in [0.4, 0.5) is 0 Å². The molecule has 0 bridgehead atoms. The van der Waals surface area contributed by atoms with Crippen molar-refractivity contribution in [2.45, 2.75) is 53.4 Å². The predicted molar refractivity (Wildman–Crippen MR) is 92.2 cm³/mol. The van der Waals surface area contributed by atoms with E-state index >= 15 is 0 Å². The van der Waals surface area contributed by atoms with E-state index in [-0.39, 0.29) is 13.2 Å². The minimum Gasteiger partial charge on any atom is -0.465 e. The molecule has 0 amide bonds. The zero-order chi connectivity index (χ0) is 17.5. The van der Waals surface area contributed by atoms with Gasteiger partial charge in [-0.1, -0.05) is 26.0 Å². The number of nitrogens with zero attached hydrogens (tertiary/aromatic N) is 1. The van der Waals surface area contributed by atoms with Gasteiger partial charge in [-0.05, 0) is 52.6 Å². The number of rotatable bonds is 13. The minimum absolute atomic E-state index is 0.265. The van der Waals surface area contributed by atoms with Crippen LogP contribution in [0.25, 0.3) is 0 Å². The van der Waals surface area contributed by atoms with Gasteiger partial charge in [0.25, 0.3) is 0 Å². The molecule has 0 aromatic heterocycles. The summed E-state index contributed by atoms with van der Waals surface area (Å²) in [5.74, 6) is -1.86. The molecule has 0 aliphatic heterocycles. The molecule has 0 aliphatic rings. The van der Waals surface area contributed by atoms with Crippen molar-refractivity contribution in [3.8, 4) is 0 Å². The molecular formula is C18H33NO4. The average molecular weight is 327 g/mol. The van der Waals surface area contributed by atoms with Gasteiger partial charge in [0.2, 0.25) is 0 Å². The summed E-state index contributed by atoms with van der Waals surface area (Å²) in [6.45, 7) is 11.6. The first-order valence-corrected chi connectivity index (χ1v) is 8.81. The number of carbonyl (C=O) groups excluding carboxylic acids is 2. The van der Waals surface area contributed by atoms with Crippen LogP contribution in [0.15, 0.2) is 12.2 Å². The van der Waals surface area contributed by atoms with Crippen molar-refractivity contribution in [2.24, 2.45) is 5.92 Å². The Hall–Kier alpha value is -1.36. The van der Waals surface area contributed by atoms with Crippen molar-refractivity contribution in [3.63, 3.8) is 0 Å². The van der Waals surface area contributed by atoms with E-state index < -0.39 is 17.9 Å². The monoisotopic (exact) mass is 327 g/mol. The van der Waals surface area contributed by atoms with Crippen LogP contribution in [0.2, 0.25) is 0 Å². The van der Waals surface area contributed by atoms with Crippen LogP contribution in [0.5, 0.6) is 0 Å². The number of hydrogen-bond donors (Lipinski definition) is 0. The van der Waals surface area contributed by atoms with Crippen LogP contribution in [-0.4, -0.2) is 49.7 Å². The van der Waals surface area contributed by atoms with Crippen LogP contribution >= 0.6 is 0 Å². The maximum atomic E-state index is 11.8. The van der Waals surface area contributed by atoms with Crippen molar-refractivity contribution in [3.05, 3.63) is 12.2 Å². The lowest BCUT2D eigenvalue weighted by Crippen LogP contribution is -2.27. The molecule has 0 saturated carbocycles. The van der Waals surface area contributed by atoms with Crippen molar-refractivity contribution in [2.75, 3.05) is 32.8 Å². The van der Waals surface area contributed by atoms with E-state index in [2.05, 4.69) is 18.7 Å². The molecule has 0 spiro atoms. The first-order valence-electron chi connectivity index (χ1n) is 8.81. The highest BCUT2D eigenvalue weighted by Gasteiger charge is 2.28. The topological polar surface area (TPSA) is 55.8 Å². The third-order valence-electron chi connectivity index (χ3n) is 3.37. The molecule has 0 heterocycles. The summed E-state index contributed by atoms with van der Waals surface area (Å²) in [6, 6.07) is 0. The van der Waals surface area contributed by atoms with Crippen LogP contribution in [0.1, 0.15) is 53.4 Å². The summed E-state index contributed by atoms with van der Waals surface area (Å²) in [4.78, 5) is 26.1. The van der Waals surface area contributed by atoms with Crippen molar-refractivity contribution < 1.29 is 19.1 Å². The summed E-state index contributed by atoms with van der Waals surface area (Å²) in [6.07, 6.45) is 7.46. The summed E-state index contributed by atoms with van der Waals surface area (Å²) in [5, 5.41) is 0. The van der Waals surface area contributed by atoms with Gasteiger partial charge >= 0.3 is 11.9 Å². The van der Waals surface area contributed by atoms with Gasteiger partial charge in [0.15, 0.2) is 5.92 Å². The molecule has 0 aromatic rings. The van der Waals surface area contributed by atoms with E-state index in [9.17, 15) is 9.59 Å². The largest absolute Gasteiger partial charge is 0.465 e. The van der Waals surface area contributed by atoms with Gasteiger partial charge < -0.3 is 14.4 Å². The van der Waals surface area contributed by atoms with Crippen LogP contribution in [0.3, 0.4) is 0 Å². The third kappa shape index (κ3) is 10.1. The normalized spacial score (nSPS) is 11.4. The van der Waals surface area contributed by atoms with E-state index in [4.69, 9.17) is 9.47 Å². The number of hydrogen-bond acceptors (Lipinski definition) is 5. The summed E-state index contributed by atoms with van der Waals surface area (Å²) < 4.78 is 9.90. The van der Waals surface area contributed by atoms with Crippen LogP contribution in [-0.2, 0) is 19.1 Å². The summed E-state index contributed by atoms with van der Waals surface area (Å²) >= 11 is 0. The first-order chi connectivity index (χ1) is 11.1. The van der Waals surface area contributed by atoms with Crippen molar-refractivity contribution in [1.29, 1.82) is 0 Å². The van der Waals surface area contributed by atoms with Gasteiger partial charge in [0, 0.05) is 6.54 Å². The molecule has 0 unspecified atom stereocenters. The van der Waals surface area contributed by atoms with E-state index in [1.807, 2.05) is 12.2 Å². The molecule has 0 fully saturated rings. The van der Waals surface area contributed by atoms with Crippen molar-refractivity contribution >= 4 is 11.9 Å². The number of ether oxygens (including phenoxy) is 2. The number of esters is 2. The zero-order valence-corrected chi connectivity index (χ0v) is 15.2. The zero-order valence-electron chi connectivity index (χ0n) is 15.2. The fourth-order valence-corrected chi connectivity index (χ4v) is 2.35. The molecule has 0 atom stereocenters. The van der Waals surface area contributed by atoms with Gasteiger partial charge in [-0.25, -0.2) is 0 Å². The summed E-state index contributed by atoms with van der Waals surface area (Å²) in [7, 11) is 0. The van der Waals surface area contributed by atoms with Gasteiger partial charge in [-0.3, -0.25) is 9.59 Å². The Bertz CT molecular complexity index is 331. The molecule has 0 aromatic carbocycles. The van der Waals surface area contributed by atoms with Crippen LogP contribution < -0.4 is 0 Å². The van der Waals surface area contributed by atoms with Crippen molar-refractivity contribution in [1.82, 2.24) is 4.90 Å². The van der Waals surface area contributed by atoms with E-state index in [1.54, 1.807) is 13.8 Å². The Morgan fingerprint density at radius 1 is 0.870 bits per heavy atom. The molecule has 134 valence electrons. The highest BCUT2D eigenvalue weighted by molar-refractivity contribution is 5.95. The molecule has 0 aliphatic carbocycles. The fraction of sp³-hybridized carbons (Fsp3) is 0.778. The van der Waals surface area contributed by atoms with Gasteiger partial charge in [0.05, 0.1) is 13.2 Å². The number of carbonyl (C=O) groups is 2. The quantitative estimate of drug-likeness (QED) is 0.295. The second kappa shape index (κ2) is 14.2. The second-order valence-electron chi connectivity index (χ2n) is 5.39. The molecular weight excluding hydrogens is 294 g/mol. The molecule has 0 radical (unpaired) electrons. The Balaban J connectivity index is 4.37. The second-order valence-corrected chi connectivity index (χ2v) is 5.39. The Labute approximate surface area is 141 Å². The Kier molecular flexibility index (Phi) is 13.4. The Morgan fingerprint density at radius 2 is 1.39 bits per heavy atom. The highest BCUT2D eigenvalue weighted by atomic mass is 16.6. The molecule has 0 rings (SSSR count). The SMILES string of the molecule is CCCN(CCC)CC/C=C/CC(C(=O)OCC)C(=O)OCC.